The first kappa shape index (κ1) is 12.9. The number of aromatic nitrogens is 1. The standard InChI is InChI=1S/C16H13N3O2/c17-12-7-2-6-11(16(20)21)15(12)19-13-8-1-4-10-5-3-9-18-14(10)13/h1-9,19H,17H2,(H,20,21). The van der Waals surface area contributed by atoms with E-state index in [0.717, 1.165) is 10.9 Å². The molecule has 0 aliphatic rings. The number of benzene rings is 2. The number of fused-ring (bicyclic) bond motifs is 1. The number of carboxylic acid groups (broad SMARTS) is 1. The molecule has 1 aromatic heterocycles. The van der Waals surface area contributed by atoms with Crippen molar-refractivity contribution in [1.29, 1.82) is 0 Å². The highest BCUT2D eigenvalue weighted by molar-refractivity contribution is 6.01. The average molecular weight is 279 g/mol. The zero-order valence-electron chi connectivity index (χ0n) is 11.1. The van der Waals surface area contributed by atoms with Crippen LogP contribution in [0.5, 0.6) is 0 Å². The molecule has 0 saturated heterocycles. The number of nitrogens with one attached hydrogen (secondary N) is 1. The highest BCUT2D eigenvalue weighted by Crippen LogP contribution is 2.30. The van der Waals surface area contributed by atoms with E-state index < -0.39 is 5.97 Å². The van der Waals surface area contributed by atoms with E-state index in [4.69, 9.17) is 5.73 Å². The smallest absolute Gasteiger partial charge is 0.337 e. The van der Waals surface area contributed by atoms with E-state index in [9.17, 15) is 9.90 Å². The first-order chi connectivity index (χ1) is 10.2. The lowest BCUT2D eigenvalue weighted by Gasteiger charge is -2.13. The minimum absolute atomic E-state index is 0.128. The van der Waals surface area contributed by atoms with E-state index in [2.05, 4.69) is 10.3 Å². The maximum Gasteiger partial charge on any atom is 0.337 e. The lowest BCUT2D eigenvalue weighted by atomic mass is 10.1. The fourth-order valence-electron chi connectivity index (χ4n) is 2.23. The van der Waals surface area contributed by atoms with Gasteiger partial charge in [-0.1, -0.05) is 24.3 Å². The molecule has 0 aliphatic heterocycles. The molecular formula is C16H13N3O2. The fraction of sp³-hybridized carbons (Fsp3) is 0. The number of nitrogens with zero attached hydrogens (tertiary/aromatic N) is 1. The molecule has 0 unspecified atom stereocenters. The second kappa shape index (κ2) is 5.13. The van der Waals surface area contributed by atoms with Crippen LogP contribution in [0.2, 0.25) is 0 Å². The van der Waals surface area contributed by atoms with Gasteiger partial charge in [0.15, 0.2) is 0 Å². The Balaban J connectivity index is 2.13. The number of hydrogen-bond acceptors (Lipinski definition) is 4. The third kappa shape index (κ3) is 2.36. The molecule has 0 amide bonds. The Morgan fingerprint density at radius 3 is 2.67 bits per heavy atom. The highest BCUT2D eigenvalue weighted by atomic mass is 16.4. The van der Waals surface area contributed by atoms with Gasteiger partial charge in [0.2, 0.25) is 0 Å². The van der Waals surface area contributed by atoms with Crippen LogP contribution in [0, 0.1) is 0 Å². The number of aromatic carboxylic acids is 1. The van der Waals surface area contributed by atoms with E-state index >= 15 is 0 Å². The van der Waals surface area contributed by atoms with Crippen LogP contribution in [0.1, 0.15) is 10.4 Å². The van der Waals surface area contributed by atoms with Gasteiger partial charge in [0.1, 0.15) is 0 Å². The third-order valence-corrected chi connectivity index (χ3v) is 3.22. The van der Waals surface area contributed by atoms with Crippen LogP contribution in [-0.4, -0.2) is 16.1 Å². The van der Waals surface area contributed by atoms with Gasteiger partial charge in [-0.25, -0.2) is 4.79 Å². The molecule has 0 spiro atoms. The quantitative estimate of drug-likeness (QED) is 0.640. The number of hydrogen-bond donors (Lipinski definition) is 3. The number of nitrogen functional groups attached to an aromatic ring is 1. The summed E-state index contributed by atoms with van der Waals surface area (Å²) in [5, 5.41) is 13.3. The Labute approximate surface area is 121 Å². The molecule has 0 radical (unpaired) electrons. The molecule has 0 bridgehead atoms. The summed E-state index contributed by atoms with van der Waals surface area (Å²) < 4.78 is 0. The van der Waals surface area contributed by atoms with Crippen molar-refractivity contribution in [2.45, 2.75) is 0 Å². The zero-order chi connectivity index (χ0) is 14.8. The average Bonchev–Trinajstić information content (AvgIpc) is 2.49. The third-order valence-electron chi connectivity index (χ3n) is 3.22. The van der Waals surface area contributed by atoms with E-state index in [-0.39, 0.29) is 5.56 Å². The molecule has 0 atom stereocenters. The molecule has 0 saturated carbocycles. The summed E-state index contributed by atoms with van der Waals surface area (Å²) in [4.78, 5) is 15.6. The van der Waals surface area contributed by atoms with Crippen molar-refractivity contribution in [1.82, 2.24) is 4.98 Å². The van der Waals surface area contributed by atoms with Crippen molar-refractivity contribution < 1.29 is 9.90 Å². The van der Waals surface area contributed by atoms with Gasteiger partial charge in [-0.3, -0.25) is 4.98 Å². The molecule has 3 aromatic rings. The van der Waals surface area contributed by atoms with Gasteiger partial charge in [0, 0.05) is 11.6 Å². The van der Waals surface area contributed by atoms with Crippen LogP contribution in [0.25, 0.3) is 10.9 Å². The molecule has 21 heavy (non-hydrogen) atoms. The van der Waals surface area contributed by atoms with Gasteiger partial charge in [-0.15, -0.1) is 0 Å². The molecule has 2 aromatic carbocycles. The second-order valence-electron chi connectivity index (χ2n) is 4.58. The summed E-state index contributed by atoms with van der Waals surface area (Å²) >= 11 is 0. The topological polar surface area (TPSA) is 88.2 Å². The lowest BCUT2D eigenvalue weighted by Crippen LogP contribution is -2.06. The summed E-state index contributed by atoms with van der Waals surface area (Å²) in [6, 6.07) is 14.3. The summed E-state index contributed by atoms with van der Waals surface area (Å²) in [7, 11) is 0. The van der Waals surface area contributed by atoms with Gasteiger partial charge in [0.05, 0.1) is 28.1 Å². The summed E-state index contributed by atoms with van der Waals surface area (Å²) in [5.41, 5.74) is 8.27. The van der Waals surface area contributed by atoms with Crippen molar-refractivity contribution in [3.63, 3.8) is 0 Å². The molecule has 104 valence electrons. The van der Waals surface area contributed by atoms with Crippen molar-refractivity contribution in [2.24, 2.45) is 0 Å². The minimum atomic E-state index is -1.03. The van der Waals surface area contributed by atoms with Crippen molar-refractivity contribution in [2.75, 3.05) is 11.1 Å². The number of pyridine rings is 1. The first-order valence-electron chi connectivity index (χ1n) is 6.39. The van der Waals surface area contributed by atoms with E-state index in [1.165, 1.54) is 6.07 Å². The number of anilines is 3. The van der Waals surface area contributed by atoms with Gasteiger partial charge in [-0.2, -0.15) is 0 Å². The van der Waals surface area contributed by atoms with Crippen LogP contribution in [0.15, 0.2) is 54.7 Å². The molecule has 5 nitrogen and oxygen atoms in total. The molecule has 5 heteroatoms. The molecule has 3 rings (SSSR count). The van der Waals surface area contributed by atoms with Crippen molar-refractivity contribution in [3.8, 4) is 0 Å². The molecule has 4 N–H and O–H groups in total. The largest absolute Gasteiger partial charge is 0.478 e. The Morgan fingerprint density at radius 1 is 1.10 bits per heavy atom. The number of rotatable bonds is 3. The van der Waals surface area contributed by atoms with Crippen molar-refractivity contribution >= 4 is 33.9 Å². The van der Waals surface area contributed by atoms with Gasteiger partial charge in [-0.05, 0) is 24.3 Å². The lowest BCUT2D eigenvalue weighted by molar-refractivity contribution is 0.0698. The predicted molar refractivity (Wildman–Crippen MR) is 82.8 cm³/mol. The summed E-state index contributed by atoms with van der Waals surface area (Å²) in [5.74, 6) is -1.03. The van der Waals surface area contributed by atoms with Gasteiger partial charge < -0.3 is 16.2 Å². The van der Waals surface area contributed by atoms with Crippen molar-refractivity contribution in [3.05, 3.63) is 60.3 Å². The minimum Gasteiger partial charge on any atom is -0.478 e. The fourth-order valence-corrected chi connectivity index (χ4v) is 2.23. The van der Waals surface area contributed by atoms with Gasteiger partial charge >= 0.3 is 5.97 Å². The molecule has 1 heterocycles. The number of para-hydroxylation sites is 2. The Morgan fingerprint density at radius 2 is 1.86 bits per heavy atom. The van der Waals surface area contributed by atoms with Crippen LogP contribution in [-0.2, 0) is 0 Å². The normalized spacial score (nSPS) is 10.5. The summed E-state index contributed by atoms with van der Waals surface area (Å²) in [6.45, 7) is 0. The van der Waals surface area contributed by atoms with E-state index in [0.29, 0.717) is 17.1 Å². The van der Waals surface area contributed by atoms with Crippen LogP contribution >= 0.6 is 0 Å². The Kier molecular flexibility index (Phi) is 3.16. The maximum absolute atomic E-state index is 11.3. The summed E-state index contributed by atoms with van der Waals surface area (Å²) in [6.07, 6.45) is 1.69. The monoisotopic (exact) mass is 279 g/mol. The second-order valence-corrected chi connectivity index (χ2v) is 4.58. The first-order valence-corrected chi connectivity index (χ1v) is 6.39. The van der Waals surface area contributed by atoms with Crippen LogP contribution in [0.4, 0.5) is 17.1 Å². The van der Waals surface area contributed by atoms with E-state index in [1.807, 2.05) is 30.3 Å². The molecular weight excluding hydrogens is 266 g/mol. The number of carboxylic acids is 1. The Hall–Kier alpha value is -3.08. The zero-order valence-corrected chi connectivity index (χ0v) is 11.1. The number of nitrogens with two attached hydrogens (primary N) is 1. The van der Waals surface area contributed by atoms with Gasteiger partial charge in [0.25, 0.3) is 0 Å². The number of carbonyl (C=O) groups is 1. The van der Waals surface area contributed by atoms with Crippen LogP contribution in [0.3, 0.4) is 0 Å². The predicted octanol–water partition coefficient (Wildman–Crippen LogP) is 3.26. The Bertz CT molecular complexity index is 825. The van der Waals surface area contributed by atoms with Crippen LogP contribution < -0.4 is 11.1 Å². The molecule has 0 aliphatic carbocycles. The maximum atomic E-state index is 11.3. The highest BCUT2D eigenvalue weighted by Gasteiger charge is 2.13. The SMILES string of the molecule is Nc1cccc(C(=O)O)c1Nc1cccc2cccnc12. The molecule has 0 fully saturated rings. The van der Waals surface area contributed by atoms with E-state index in [1.54, 1.807) is 18.3 Å².